The largest absolute Gasteiger partial charge is 0.495 e. The molecular weight excluding hydrogens is 246 g/mol. The molecule has 0 aliphatic heterocycles. The van der Waals surface area contributed by atoms with Crippen LogP contribution in [0, 0.1) is 11.8 Å². The standard InChI is InChI=1S/C15H24ClNO/c1-6-17-15(11(4)10(2)3)12-7-8-13(16)14(9-12)18-5/h7-11,15,17H,6H2,1-5H3. The summed E-state index contributed by atoms with van der Waals surface area (Å²) in [6.45, 7) is 9.86. The van der Waals surface area contributed by atoms with Gasteiger partial charge in [0.25, 0.3) is 0 Å². The number of methoxy groups -OCH3 is 1. The molecule has 2 nitrogen and oxygen atoms in total. The molecule has 0 saturated carbocycles. The molecule has 0 amide bonds. The second kappa shape index (κ2) is 7.01. The first-order chi connectivity index (χ1) is 8.51. The Hall–Kier alpha value is -0.730. The molecule has 0 bridgehead atoms. The third-order valence-corrected chi connectivity index (χ3v) is 3.85. The minimum Gasteiger partial charge on any atom is -0.495 e. The third kappa shape index (κ3) is 3.63. The van der Waals surface area contributed by atoms with E-state index in [0.717, 1.165) is 12.3 Å². The number of rotatable bonds is 6. The fourth-order valence-corrected chi connectivity index (χ4v) is 2.28. The van der Waals surface area contributed by atoms with Crippen LogP contribution in [0.3, 0.4) is 0 Å². The van der Waals surface area contributed by atoms with Crippen LogP contribution in [0.5, 0.6) is 5.75 Å². The zero-order valence-electron chi connectivity index (χ0n) is 12.0. The molecule has 3 heteroatoms. The molecular formula is C15H24ClNO. The van der Waals surface area contributed by atoms with Crippen molar-refractivity contribution < 1.29 is 4.74 Å². The maximum Gasteiger partial charge on any atom is 0.137 e. The van der Waals surface area contributed by atoms with E-state index in [1.807, 2.05) is 12.1 Å². The highest BCUT2D eigenvalue weighted by Gasteiger charge is 2.21. The monoisotopic (exact) mass is 269 g/mol. The summed E-state index contributed by atoms with van der Waals surface area (Å²) >= 11 is 6.07. The Morgan fingerprint density at radius 2 is 1.94 bits per heavy atom. The molecule has 1 rings (SSSR count). The first-order valence-corrected chi connectivity index (χ1v) is 6.95. The second-order valence-corrected chi connectivity index (χ2v) is 5.44. The zero-order valence-corrected chi connectivity index (χ0v) is 12.7. The van der Waals surface area contributed by atoms with Gasteiger partial charge in [-0.05, 0) is 36.1 Å². The molecule has 0 saturated heterocycles. The summed E-state index contributed by atoms with van der Waals surface area (Å²) < 4.78 is 5.29. The number of benzene rings is 1. The van der Waals surface area contributed by atoms with Gasteiger partial charge >= 0.3 is 0 Å². The Bertz CT molecular complexity index is 379. The summed E-state index contributed by atoms with van der Waals surface area (Å²) in [5.41, 5.74) is 1.24. The van der Waals surface area contributed by atoms with Crippen molar-refractivity contribution in [2.75, 3.05) is 13.7 Å². The van der Waals surface area contributed by atoms with Crippen LogP contribution in [0.1, 0.15) is 39.3 Å². The van der Waals surface area contributed by atoms with Crippen molar-refractivity contribution in [2.45, 2.75) is 33.7 Å². The Morgan fingerprint density at radius 1 is 1.28 bits per heavy atom. The van der Waals surface area contributed by atoms with Gasteiger partial charge in [0.15, 0.2) is 0 Å². The number of ether oxygens (including phenoxy) is 1. The lowest BCUT2D eigenvalue weighted by Crippen LogP contribution is -2.29. The molecule has 1 aromatic carbocycles. The van der Waals surface area contributed by atoms with Crippen molar-refractivity contribution in [1.82, 2.24) is 5.32 Å². The van der Waals surface area contributed by atoms with Crippen LogP contribution in [-0.2, 0) is 0 Å². The lowest BCUT2D eigenvalue weighted by atomic mass is 9.86. The lowest BCUT2D eigenvalue weighted by molar-refractivity contribution is 0.306. The molecule has 0 fully saturated rings. The van der Waals surface area contributed by atoms with E-state index in [1.54, 1.807) is 7.11 Å². The molecule has 0 aliphatic carbocycles. The Labute approximate surface area is 116 Å². The summed E-state index contributed by atoms with van der Waals surface area (Å²) in [5, 5.41) is 4.21. The Balaban J connectivity index is 3.05. The van der Waals surface area contributed by atoms with E-state index in [2.05, 4.69) is 39.1 Å². The van der Waals surface area contributed by atoms with Gasteiger partial charge in [-0.25, -0.2) is 0 Å². The van der Waals surface area contributed by atoms with Crippen LogP contribution >= 0.6 is 11.6 Å². The minimum atomic E-state index is 0.334. The predicted molar refractivity (Wildman–Crippen MR) is 78.4 cm³/mol. The maximum atomic E-state index is 6.07. The maximum absolute atomic E-state index is 6.07. The molecule has 0 aromatic heterocycles. The van der Waals surface area contributed by atoms with Gasteiger partial charge in [-0.2, -0.15) is 0 Å². The fraction of sp³-hybridized carbons (Fsp3) is 0.600. The zero-order chi connectivity index (χ0) is 13.7. The van der Waals surface area contributed by atoms with Crippen LogP contribution in [0.4, 0.5) is 0 Å². The van der Waals surface area contributed by atoms with E-state index in [1.165, 1.54) is 5.56 Å². The van der Waals surface area contributed by atoms with Gasteiger partial charge in [0.2, 0.25) is 0 Å². The van der Waals surface area contributed by atoms with Gasteiger partial charge in [0.1, 0.15) is 5.75 Å². The summed E-state index contributed by atoms with van der Waals surface area (Å²) in [6, 6.07) is 6.36. The Kier molecular flexibility index (Phi) is 5.97. The minimum absolute atomic E-state index is 0.334. The van der Waals surface area contributed by atoms with Crippen molar-refractivity contribution in [3.05, 3.63) is 28.8 Å². The molecule has 0 heterocycles. The average Bonchev–Trinajstić information content (AvgIpc) is 2.36. The molecule has 0 radical (unpaired) electrons. The lowest BCUT2D eigenvalue weighted by Gasteiger charge is -2.28. The van der Waals surface area contributed by atoms with E-state index < -0.39 is 0 Å². The van der Waals surface area contributed by atoms with Gasteiger partial charge in [-0.3, -0.25) is 0 Å². The van der Waals surface area contributed by atoms with Crippen molar-refractivity contribution in [1.29, 1.82) is 0 Å². The van der Waals surface area contributed by atoms with Crippen molar-refractivity contribution in [3.8, 4) is 5.75 Å². The highest BCUT2D eigenvalue weighted by atomic mass is 35.5. The van der Waals surface area contributed by atoms with E-state index in [-0.39, 0.29) is 0 Å². The number of hydrogen-bond donors (Lipinski definition) is 1. The first-order valence-electron chi connectivity index (χ1n) is 6.58. The Morgan fingerprint density at radius 3 is 2.44 bits per heavy atom. The number of nitrogens with one attached hydrogen (secondary N) is 1. The van der Waals surface area contributed by atoms with Gasteiger partial charge in [-0.15, -0.1) is 0 Å². The molecule has 2 unspecified atom stereocenters. The van der Waals surface area contributed by atoms with Crippen molar-refractivity contribution in [2.24, 2.45) is 11.8 Å². The molecule has 1 aromatic rings. The molecule has 102 valence electrons. The number of hydrogen-bond acceptors (Lipinski definition) is 2. The first kappa shape index (κ1) is 15.3. The van der Waals surface area contributed by atoms with Gasteiger partial charge in [0.05, 0.1) is 12.1 Å². The van der Waals surface area contributed by atoms with E-state index in [4.69, 9.17) is 16.3 Å². The SMILES string of the molecule is CCNC(c1ccc(Cl)c(OC)c1)C(C)C(C)C. The highest BCUT2D eigenvalue weighted by molar-refractivity contribution is 6.32. The number of halogens is 1. The van der Waals surface area contributed by atoms with Crippen LogP contribution in [0.2, 0.25) is 5.02 Å². The molecule has 1 N–H and O–H groups in total. The third-order valence-electron chi connectivity index (χ3n) is 3.54. The van der Waals surface area contributed by atoms with E-state index >= 15 is 0 Å². The van der Waals surface area contributed by atoms with Gasteiger partial charge in [-0.1, -0.05) is 45.4 Å². The molecule has 18 heavy (non-hydrogen) atoms. The summed E-state index contributed by atoms with van der Waals surface area (Å²) in [7, 11) is 1.65. The average molecular weight is 270 g/mol. The normalized spacial score (nSPS) is 14.6. The summed E-state index contributed by atoms with van der Waals surface area (Å²) in [6.07, 6.45) is 0. The van der Waals surface area contributed by atoms with Crippen molar-refractivity contribution >= 4 is 11.6 Å². The smallest absolute Gasteiger partial charge is 0.137 e. The fourth-order valence-electron chi connectivity index (χ4n) is 2.08. The van der Waals surface area contributed by atoms with Gasteiger partial charge in [0, 0.05) is 6.04 Å². The van der Waals surface area contributed by atoms with E-state index in [9.17, 15) is 0 Å². The van der Waals surface area contributed by atoms with Crippen LogP contribution in [-0.4, -0.2) is 13.7 Å². The molecule has 0 spiro atoms. The topological polar surface area (TPSA) is 21.3 Å². The van der Waals surface area contributed by atoms with E-state index in [0.29, 0.717) is 22.9 Å². The second-order valence-electron chi connectivity index (χ2n) is 5.03. The summed E-state index contributed by atoms with van der Waals surface area (Å²) in [4.78, 5) is 0. The molecule has 0 aliphatic rings. The van der Waals surface area contributed by atoms with Crippen LogP contribution in [0.15, 0.2) is 18.2 Å². The van der Waals surface area contributed by atoms with Crippen LogP contribution in [0.25, 0.3) is 0 Å². The molecule has 2 atom stereocenters. The van der Waals surface area contributed by atoms with Crippen molar-refractivity contribution in [3.63, 3.8) is 0 Å². The van der Waals surface area contributed by atoms with Crippen LogP contribution < -0.4 is 10.1 Å². The summed E-state index contributed by atoms with van der Waals surface area (Å²) in [5.74, 6) is 1.92. The quantitative estimate of drug-likeness (QED) is 0.832. The predicted octanol–water partition coefficient (Wildman–Crippen LogP) is 4.29. The highest BCUT2D eigenvalue weighted by Crippen LogP contribution is 2.32. The van der Waals surface area contributed by atoms with Gasteiger partial charge < -0.3 is 10.1 Å².